The summed E-state index contributed by atoms with van der Waals surface area (Å²) in [5, 5.41) is 5.84. The largest absolute Gasteiger partial charge is 0.383 e. The molecule has 0 aliphatic rings. The van der Waals surface area contributed by atoms with E-state index in [0.717, 1.165) is 13.0 Å². The third-order valence-corrected chi connectivity index (χ3v) is 1.81. The average Bonchev–Trinajstić information content (AvgIpc) is 2.12. The maximum atomic E-state index is 11.2. The van der Waals surface area contributed by atoms with Crippen LogP contribution >= 0.6 is 12.4 Å². The van der Waals surface area contributed by atoms with Gasteiger partial charge < -0.3 is 15.4 Å². The van der Waals surface area contributed by atoms with Crippen molar-refractivity contribution < 1.29 is 9.53 Å². The van der Waals surface area contributed by atoms with Gasteiger partial charge in [-0.3, -0.25) is 4.79 Å². The van der Waals surface area contributed by atoms with Gasteiger partial charge in [0.25, 0.3) is 0 Å². The molecule has 15 heavy (non-hydrogen) atoms. The van der Waals surface area contributed by atoms with Crippen LogP contribution in [0.3, 0.4) is 0 Å². The van der Waals surface area contributed by atoms with Gasteiger partial charge in [-0.15, -0.1) is 12.4 Å². The van der Waals surface area contributed by atoms with E-state index in [4.69, 9.17) is 4.74 Å². The highest BCUT2D eigenvalue weighted by atomic mass is 35.5. The van der Waals surface area contributed by atoms with E-state index in [1.165, 1.54) is 0 Å². The summed E-state index contributed by atoms with van der Waals surface area (Å²) in [5.41, 5.74) is 0. The Labute approximate surface area is 98.6 Å². The molecule has 0 saturated heterocycles. The minimum Gasteiger partial charge on any atom is -0.383 e. The Bertz CT molecular complexity index is 154. The molecule has 0 rings (SSSR count). The summed E-state index contributed by atoms with van der Waals surface area (Å²) in [5.74, 6) is 0.693. The van der Waals surface area contributed by atoms with Gasteiger partial charge in [-0.05, 0) is 12.3 Å². The number of ether oxygens (including phenoxy) is 1. The van der Waals surface area contributed by atoms with Crippen molar-refractivity contribution >= 4 is 18.3 Å². The first-order valence-corrected chi connectivity index (χ1v) is 5.13. The van der Waals surface area contributed by atoms with E-state index in [1.807, 2.05) is 0 Å². The third-order valence-electron chi connectivity index (χ3n) is 1.81. The monoisotopic (exact) mass is 238 g/mol. The molecule has 0 fully saturated rings. The molecule has 1 amide bonds. The molecule has 92 valence electrons. The topological polar surface area (TPSA) is 50.4 Å². The first-order valence-electron chi connectivity index (χ1n) is 5.13. The molecule has 0 aromatic carbocycles. The minimum absolute atomic E-state index is 0. The van der Waals surface area contributed by atoms with Crippen LogP contribution in [0.15, 0.2) is 0 Å². The van der Waals surface area contributed by atoms with Crippen molar-refractivity contribution in [1.29, 1.82) is 0 Å². The Balaban J connectivity index is 0. The van der Waals surface area contributed by atoms with E-state index < -0.39 is 0 Å². The second-order valence-corrected chi connectivity index (χ2v) is 3.70. The van der Waals surface area contributed by atoms with Crippen LogP contribution in [0.1, 0.15) is 20.3 Å². The molecule has 0 aliphatic heterocycles. The Hall–Kier alpha value is -0.320. The van der Waals surface area contributed by atoms with Gasteiger partial charge >= 0.3 is 0 Å². The Morgan fingerprint density at radius 1 is 1.33 bits per heavy atom. The fourth-order valence-corrected chi connectivity index (χ4v) is 0.939. The number of carbonyl (C=O) groups is 1. The lowest BCUT2D eigenvalue weighted by atomic mass is 10.1. The van der Waals surface area contributed by atoms with Gasteiger partial charge in [0.15, 0.2) is 0 Å². The quantitative estimate of drug-likeness (QED) is 0.616. The number of hydrogen-bond donors (Lipinski definition) is 2. The zero-order valence-corrected chi connectivity index (χ0v) is 10.7. The fourth-order valence-electron chi connectivity index (χ4n) is 0.939. The first-order chi connectivity index (χ1) is 6.66. The summed E-state index contributed by atoms with van der Waals surface area (Å²) >= 11 is 0. The zero-order chi connectivity index (χ0) is 10.8. The highest BCUT2D eigenvalue weighted by Crippen LogP contribution is 1.95. The van der Waals surface area contributed by atoms with E-state index in [-0.39, 0.29) is 18.3 Å². The summed E-state index contributed by atoms with van der Waals surface area (Å²) in [6.45, 7) is 6.78. The van der Waals surface area contributed by atoms with Crippen LogP contribution in [-0.4, -0.2) is 39.3 Å². The zero-order valence-electron chi connectivity index (χ0n) is 9.84. The highest BCUT2D eigenvalue weighted by molar-refractivity contribution is 5.85. The van der Waals surface area contributed by atoms with Crippen molar-refractivity contribution in [3.8, 4) is 0 Å². The van der Waals surface area contributed by atoms with Crippen LogP contribution in [0.25, 0.3) is 0 Å². The number of amides is 1. The summed E-state index contributed by atoms with van der Waals surface area (Å²) in [6.07, 6.45) is 1.03. The van der Waals surface area contributed by atoms with Gasteiger partial charge in [-0.2, -0.15) is 0 Å². The normalized spacial score (nSPS) is 9.87. The summed E-state index contributed by atoms with van der Waals surface area (Å²) in [6, 6.07) is 0. The molecule has 0 aliphatic carbocycles. The molecule has 5 heteroatoms. The van der Waals surface area contributed by atoms with Gasteiger partial charge in [-0.1, -0.05) is 13.8 Å². The Morgan fingerprint density at radius 3 is 2.53 bits per heavy atom. The van der Waals surface area contributed by atoms with Crippen LogP contribution in [-0.2, 0) is 9.53 Å². The van der Waals surface area contributed by atoms with Crippen molar-refractivity contribution in [2.45, 2.75) is 20.3 Å². The van der Waals surface area contributed by atoms with Crippen LogP contribution in [0.2, 0.25) is 0 Å². The lowest BCUT2D eigenvalue weighted by Crippen LogP contribution is -2.35. The van der Waals surface area contributed by atoms with Crippen molar-refractivity contribution in [3.63, 3.8) is 0 Å². The second kappa shape index (κ2) is 11.8. The van der Waals surface area contributed by atoms with E-state index in [9.17, 15) is 4.79 Å². The number of methoxy groups -OCH3 is 1. The molecule has 0 radical (unpaired) electrons. The van der Waals surface area contributed by atoms with E-state index >= 15 is 0 Å². The van der Waals surface area contributed by atoms with E-state index in [0.29, 0.717) is 25.6 Å². The van der Waals surface area contributed by atoms with Gasteiger partial charge in [0.1, 0.15) is 0 Å². The Kier molecular flexibility index (Phi) is 13.4. The predicted molar refractivity (Wildman–Crippen MR) is 64.5 cm³/mol. The minimum atomic E-state index is 0. The number of rotatable bonds is 8. The van der Waals surface area contributed by atoms with Gasteiger partial charge in [0.05, 0.1) is 13.2 Å². The molecule has 0 unspecified atom stereocenters. The second-order valence-electron chi connectivity index (χ2n) is 3.70. The van der Waals surface area contributed by atoms with Crippen LogP contribution < -0.4 is 10.6 Å². The molecule has 0 atom stereocenters. The van der Waals surface area contributed by atoms with Gasteiger partial charge in [0, 0.05) is 20.2 Å². The third kappa shape index (κ3) is 13.7. The number of nitrogens with one attached hydrogen (secondary N) is 2. The Morgan fingerprint density at radius 2 is 2.00 bits per heavy atom. The molecule has 0 aromatic heterocycles. The molecule has 0 bridgehead atoms. The van der Waals surface area contributed by atoms with Crippen LogP contribution in [0, 0.1) is 5.92 Å². The first kappa shape index (κ1) is 17.1. The van der Waals surface area contributed by atoms with Gasteiger partial charge in [-0.25, -0.2) is 0 Å². The highest BCUT2D eigenvalue weighted by Gasteiger charge is 1.99. The van der Waals surface area contributed by atoms with Crippen molar-refractivity contribution in [1.82, 2.24) is 10.6 Å². The molecule has 0 spiro atoms. The maximum Gasteiger partial charge on any atom is 0.233 e. The van der Waals surface area contributed by atoms with E-state index in [2.05, 4.69) is 24.5 Å². The number of halogens is 1. The summed E-state index contributed by atoms with van der Waals surface area (Å²) in [7, 11) is 1.64. The summed E-state index contributed by atoms with van der Waals surface area (Å²) in [4.78, 5) is 11.2. The lowest BCUT2D eigenvalue weighted by Gasteiger charge is -2.07. The number of hydrogen-bond acceptors (Lipinski definition) is 3. The molecular weight excluding hydrogens is 216 g/mol. The van der Waals surface area contributed by atoms with Crippen molar-refractivity contribution in [2.75, 3.05) is 33.4 Å². The summed E-state index contributed by atoms with van der Waals surface area (Å²) < 4.78 is 4.84. The molecule has 0 heterocycles. The molecule has 2 N–H and O–H groups in total. The fraction of sp³-hybridized carbons (Fsp3) is 0.900. The molecular formula is C10H23ClN2O2. The van der Waals surface area contributed by atoms with Crippen molar-refractivity contribution in [3.05, 3.63) is 0 Å². The SMILES string of the molecule is COCCNCC(=O)NCCC(C)C.Cl. The van der Waals surface area contributed by atoms with Gasteiger partial charge in [0.2, 0.25) is 5.91 Å². The van der Waals surface area contributed by atoms with Crippen LogP contribution in [0.5, 0.6) is 0 Å². The maximum absolute atomic E-state index is 11.2. The molecule has 0 aromatic rings. The van der Waals surface area contributed by atoms with E-state index in [1.54, 1.807) is 7.11 Å². The standard InChI is InChI=1S/C10H22N2O2.ClH/c1-9(2)4-5-12-10(13)8-11-6-7-14-3;/h9,11H,4-8H2,1-3H3,(H,12,13);1H. The smallest absolute Gasteiger partial charge is 0.233 e. The number of carbonyl (C=O) groups excluding carboxylic acids is 1. The van der Waals surface area contributed by atoms with Crippen molar-refractivity contribution in [2.24, 2.45) is 5.92 Å². The predicted octanol–water partition coefficient (Wildman–Crippen LogP) is 0.806. The lowest BCUT2D eigenvalue weighted by molar-refractivity contribution is -0.120. The average molecular weight is 239 g/mol. The molecule has 0 saturated carbocycles. The van der Waals surface area contributed by atoms with Crippen LogP contribution in [0.4, 0.5) is 0 Å². The molecule has 4 nitrogen and oxygen atoms in total.